The van der Waals surface area contributed by atoms with Crippen LogP contribution in [-0.2, 0) is 11.3 Å². The van der Waals surface area contributed by atoms with E-state index < -0.39 is 0 Å². The summed E-state index contributed by atoms with van der Waals surface area (Å²) >= 11 is 0. The van der Waals surface area contributed by atoms with E-state index in [-0.39, 0.29) is 12.0 Å². The second-order valence-electron chi connectivity index (χ2n) is 4.46. The molecule has 0 aromatic carbocycles. The minimum atomic E-state index is -0.180. The predicted octanol–water partition coefficient (Wildman–Crippen LogP) is 0.784. The Labute approximate surface area is 106 Å². The fourth-order valence-electron chi connectivity index (χ4n) is 2.15. The molecule has 1 aliphatic heterocycles. The van der Waals surface area contributed by atoms with Crippen molar-refractivity contribution in [3.63, 3.8) is 0 Å². The van der Waals surface area contributed by atoms with Crippen LogP contribution in [0.4, 0.5) is 5.69 Å². The molecule has 1 atom stereocenters. The minimum Gasteiger partial charge on any atom is -0.396 e. The van der Waals surface area contributed by atoms with E-state index in [2.05, 4.69) is 10.4 Å². The molecule has 0 aliphatic carbocycles. The van der Waals surface area contributed by atoms with Crippen LogP contribution in [0.25, 0.3) is 0 Å². The summed E-state index contributed by atoms with van der Waals surface area (Å²) in [6.45, 7) is 3.87. The van der Waals surface area contributed by atoms with E-state index in [1.54, 1.807) is 4.68 Å². The van der Waals surface area contributed by atoms with Crippen molar-refractivity contribution in [1.82, 2.24) is 15.1 Å². The zero-order valence-corrected chi connectivity index (χ0v) is 10.7. The molecule has 6 heteroatoms. The largest absolute Gasteiger partial charge is 0.396 e. The first-order valence-corrected chi connectivity index (χ1v) is 6.43. The number of nitrogens with two attached hydrogens (primary N) is 1. The highest BCUT2D eigenvalue weighted by Crippen LogP contribution is 2.13. The summed E-state index contributed by atoms with van der Waals surface area (Å²) in [4.78, 5) is 12.0. The van der Waals surface area contributed by atoms with Gasteiger partial charge in [0.25, 0.3) is 5.91 Å². The van der Waals surface area contributed by atoms with Gasteiger partial charge in [-0.15, -0.1) is 0 Å². The number of rotatable bonds is 4. The lowest BCUT2D eigenvalue weighted by Crippen LogP contribution is -2.36. The number of hydrogen-bond donors (Lipinski definition) is 2. The Kier molecular flexibility index (Phi) is 4.19. The average molecular weight is 252 g/mol. The summed E-state index contributed by atoms with van der Waals surface area (Å²) in [7, 11) is 0. The van der Waals surface area contributed by atoms with Crippen molar-refractivity contribution >= 4 is 11.6 Å². The molecule has 0 saturated carbocycles. The van der Waals surface area contributed by atoms with Crippen LogP contribution in [-0.4, -0.2) is 34.9 Å². The molecule has 1 unspecified atom stereocenters. The molecule has 2 heterocycles. The van der Waals surface area contributed by atoms with Gasteiger partial charge in [0, 0.05) is 19.7 Å². The number of ether oxygens (including phenoxy) is 1. The monoisotopic (exact) mass is 252 g/mol. The van der Waals surface area contributed by atoms with E-state index in [0.717, 1.165) is 25.9 Å². The number of anilines is 1. The van der Waals surface area contributed by atoms with E-state index in [4.69, 9.17) is 10.5 Å². The molecule has 0 spiro atoms. The average Bonchev–Trinajstić information content (AvgIpc) is 2.78. The fourth-order valence-corrected chi connectivity index (χ4v) is 2.15. The molecular formula is C12H20N4O2. The first-order chi connectivity index (χ1) is 8.72. The van der Waals surface area contributed by atoms with E-state index in [1.807, 2.05) is 6.92 Å². The molecule has 1 aromatic heterocycles. The van der Waals surface area contributed by atoms with E-state index in [0.29, 0.717) is 24.5 Å². The molecule has 1 amide bonds. The van der Waals surface area contributed by atoms with Crippen LogP contribution in [0.5, 0.6) is 0 Å². The highest BCUT2D eigenvalue weighted by Gasteiger charge is 2.19. The number of amides is 1. The van der Waals surface area contributed by atoms with Crippen LogP contribution in [0.3, 0.4) is 0 Å². The van der Waals surface area contributed by atoms with Crippen LogP contribution >= 0.6 is 0 Å². The molecule has 1 fully saturated rings. The predicted molar refractivity (Wildman–Crippen MR) is 68.2 cm³/mol. The third-order valence-electron chi connectivity index (χ3n) is 3.15. The van der Waals surface area contributed by atoms with Gasteiger partial charge in [-0.05, 0) is 26.2 Å². The zero-order chi connectivity index (χ0) is 13.0. The van der Waals surface area contributed by atoms with Gasteiger partial charge in [-0.25, -0.2) is 0 Å². The van der Waals surface area contributed by atoms with Gasteiger partial charge in [-0.1, -0.05) is 0 Å². The number of nitrogens with one attached hydrogen (secondary N) is 1. The molecule has 100 valence electrons. The van der Waals surface area contributed by atoms with Crippen molar-refractivity contribution in [3.05, 3.63) is 11.9 Å². The first kappa shape index (κ1) is 12.9. The van der Waals surface area contributed by atoms with E-state index in [9.17, 15) is 4.79 Å². The van der Waals surface area contributed by atoms with E-state index >= 15 is 0 Å². The second-order valence-corrected chi connectivity index (χ2v) is 4.46. The molecule has 18 heavy (non-hydrogen) atoms. The summed E-state index contributed by atoms with van der Waals surface area (Å²) in [6, 6.07) is 0. The summed E-state index contributed by atoms with van der Waals surface area (Å²) in [6.07, 6.45) is 4.91. The number of hydrogen-bond acceptors (Lipinski definition) is 4. The summed E-state index contributed by atoms with van der Waals surface area (Å²) in [5.41, 5.74) is 6.61. The molecule has 0 bridgehead atoms. The topological polar surface area (TPSA) is 82.2 Å². The van der Waals surface area contributed by atoms with Crippen molar-refractivity contribution in [2.45, 2.75) is 38.8 Å². The number of nitrogen functional groups attached to an aromatic ring is 1. The molecule has 1 aliphatic rings. The number of aromatic nitrogens is 2. The lowest BCUT2D eigenvalue weighted by atomic mass is 10.1. The molecular weight excluding hydrogens is 232 g/mol. The van der Waals surface area contributed by atoms with Crippen molar-refractivity contribution < 1.29 is 9.53 Å². The van der Waals surface area contributed by atoms with Crippen molar-refractivity contribution in [1.29, 1.82) is 0 Å². The highest BCUT2D eigenvalue weighted by molar-refractivity contribution is 5.97. The second kappa shape index (κ2) is 5.86. The molecule has 3 N–H and O–H groups in total. The van der Waals surface area contributed by atoms with Gasteiger partial charge in [0.1, 0.15) is 5.69 Å². The van der Waals surface area contributed by atoms with Gasteiger partial charge < -0.3 is 15.8 Å². The maximum atomic E-state index is 12.0. The number of carbonyl (C=O) groups excluding carboxylic acids is 1. The first-order valence-electron chi connectivity index (χ1n) is 6.43. The van der Waals surface area contributed by atoms with Crippen molar-refractivity contribution in [2.75, 3.05) is 18.9 Å². The molecule has 6 nitrogen and oxygen atoms in total. The van der Waals surface area contributed by atoms with Gasteiger partial charge in [0.05, 0.1) is 18.0 Å². The Hall–Kier alpha value is -1.56. The van der Waals surface area contributed by atoms with E-state index in [1.165, 1.54) is 6.20 Å². The number of carbonyl (C=O) groups is 1. The Morgan fingerprint density at radius 3 is 3.17 bits per heavy atom. The Bertz CT molecular complexity index is 410. The lowest BCUT2D eigenvalue weighted by molar-refractivity contribution is 0.0168. The summed E-state index contributed by atoms with van der Waals surface area (Å²) < 4.78 is 7.17. The van der Waals surface area contributed by atoms with Crippen molar-refractivity contribution in [3.8, 4) is 0 Å². The van der Waals surface area contributed by atoms with Gasteiger partial charge in [0.15, 0.2) is 0 Å². The standard InChI is InChI=1S/C12H20N4O2/c1-2-16-11(10(13)8-15-16)12(17)14-7-9-5-3-4-6-18-9/h8-9H,2-7,13H2,1H3,(H,14,17). The summed E-state index contributed by atoms with van der Waals surface area (Å²) in [5.74, 6) is -0.180. The van der Waals surface area contributed by atoms with Crippen LogP contribution in [0.1, 0.15) is 36.7 Å². The molecule has 0 radical (unpaired) electrons. The minimum absolute atomic E-state index is 0.127. The van der Waals surface area contributed by atoms with Gasteiger partial charge in [0.2, 0.25) is 0 Å². The summed E-state index contributed by atoms with van der Waals surface area (Å²) in [5, 5.41) is 6.92. The van der Waals surface area contributed by atoms with Gasteiger partial charge in [-0.2, -0.15) is 5.10 Å². The van der Waals surface area contributed by atoms with Crippen LogP contribution in [0.15, 0.2) is 6.20 Å². The third kappa shape index (κ3) is 2.81. The van der Waals surface area contributed by atoms with Crippen LogP contribution in [0, 0.1) is 0 Å². The van der Waals surface area contributed by atoms with Crippen molar-refractivity contribution in [2.24, 2.45) is 0 Å². The maximum Gasteiger partial charge on any atom is 0.271 e. The Morgan fingerprint density at radius 1 is 1.67 bits per heavy atom. The normalized spacial score (nSPS) is 19.7. The lowest BCUT2D eigenvalue weighted by Gasteiger charge is -2.22. The Balaban J connectivity index is 1.92. The molecule has 2 rings (SSSR count). The van der Waals surface area contributed by atoms with Crippen LogP contribution < -0.4 is 11.1 Å². The highest BCUT2D eigenvalue weighted by atomic mass is 16.5. The van der Waals surface area contributed by atoms with Gasteiger partial charge >= 0.3 is 0 Å². The SMILES string of the molecule is CCn1ncc(N)c1C(=O)NCC1CCCCO1. The zero-order valence-electron chi connectivity index (χ0n) is 10.7. The van der Waals surface area contributed by atoms with Crippen LogP contribution in [0.2, 0.25) is 0 Å². The van der Waals surface area contributed by atoms with Gasteiger partial charge in [-0.3, -0.25) is 9.48 Å². The molecule has 1 aromatic rings. The quantitative estimate of drug-likeness (QED) is 0.829. The number of aryl methyl sites for hydroxylation is 1. The smallest absolute Gasteiger partial charge is 0.271 e. The molecule has 1 saturated heterocycles. The fraction of sp³-hybridized carbons (Fsp3) is 0.667. The number of nitrogens with zero attached hydrogens (tertiary/aromatic N) is 2. The maximum absolute atomic E-state index is 12.0. The third-order valence-corrected chi connectivity index (χ3v) is 3.15. The Morgan fingerprint density at radius 2 is 2.50 bits per heavy atom.